The first kappa shape index (κ1) is 16.8. The van der Waals surface area contributed by atoms with Gasteiger partial charge in [-0.05, 0) is 24.0 Å². The summed E-state index contributed by atoms with van der Waals surface area (Å²) in [4.78, 5) is 22.7. The van der Waals surface area contributed by atoms with E-state index in [2.05, 4.69) is 18.2 Å². The van der Waals surface area contributed by atoms with Crippen molar-refractivity contribution in [3.63, 3.8) is 0 Å². The molecule has 4 nitrogen and oxygen atoms in total. The van der Waals surface area contributed by atoms with E-state index in [0.717, 1.165) is 24.8 Å². The maximum Gasteiger partial charge on any atom is 0.327 e. The van der Waals surface area contributed by atoms with Crippen LogP contribution in [0.25, 0.3) is 0 Å². The SMILES string of the molecule is C#CCC(NC(=O)Cc1ccc(CCCC)cc1)C(=O)O. The van der Waals surface area contributed by atoms with E-state index in [1.165, 1.54) is 5.56 Å². The molecule has 0 spiro atoms. The summed E-state index contributed by atoms with van der Waals surface area (Å²) in [7, 11) is 0. The third-order valence-corrected chi connectivity index (χ3v) is 3.16. The molecule has 0 aromatic heterocycles. The average molecular weight is 287 g/mol. The van der Waals surface area contributed by atoms with Crippen molar-refractivity contribution in [3.05, 3.63) is 35.4 Å². The van der Waals surface area contributed by atoms with Gasteiger partial charge in [-0.3, -0.25) is 4.79 Å². The number of benzene rings is 1. The largest absolute Gasteiger partial charge is 0.480 e. The van der Waals surface area contributed by atoms with Crippen LogP contribution in [0.1, 0.15) is 37.3 Å². The first-order valence-corrected chi connectivity index (χ1v) is 7.10. The molecular weight excluding hydrogens is 266 g/mol. The number of rotatable bonds is 8. The van der Waals surface area contributed by atoms with Crippen LogP contribution in [-0.2, 0) is 22.4 Å². The monoisotopic (exact) mass is 287 g/mol. The van der Waals surface area contributed by atoms with E-state index in [-0.39, 0.29) is 18.7 Å². The molecule has 1 unspecified atom stereocenters. The van der Waals surface area contributed by atoms with Crippen molar-refractivity contribution in [2.45, 2.75) is 45.1 Å². The minimum atomic E-state index is -1.11. The fraction of sp³-hybridized carbons (Fsp3) is 0.412. The third kappa shape index (κ3) is 6.13. The number of nitrogens with one attached hydrogen (secondary N) is 1. The zero-order valence-electron chi connectivity index (χ0n) is 12.3. The second-order valence-electron chi connectivity index (χ2n) is 4.96. The zero-order valence-corrected chi connectivity index (χ0v) is 12.3. The van der Waals surface area contributed by atoms with Crippen molar-refractivity contribution in [2.75, 3.05) is 0 Å². The van der Waals surface area contributed by atoms with Crippen molar-refractivity contribution in [3.8, 4) is 12.3 Å². The van der Waals surface area contributed by atoms with Crippen LogP contribution in [-0.4, -0.2) is 23.0 Å². The summed E-state index contributed by atoms with van der Waals surface area (Å²) >= 11 is 0. The van der Waals surface area contributed by atoms with Crippen LogP contribution < -0.4 is 5.32 Å². The van der Waals surface area contributed by atoms with Crippen LogP contribution in [0.5, 0.6) is 0 Å². The van der Waals surface area contributed by atoms with Gasteiger partial charge in [0.1, 0.15) is 6.04 Å². The Morgan fingerprint density at radius 3 is 2.43 bits per heavy atom. The minimum absolute atomic E-state index is 0.0168. The van der Waals surface area contributed by atoms with Crippen molar-refractivity contribution in [2.24, 2.45) is 0 Å². The lowest BCUT2D eigenvalue weighted by Gasteiger charge is -2.12. The topological polar surface area (TPSA) is 66.4 Å². The van der Waals surface area contributed by atoms with Gasteiger partial charge in [0.15, 0.2) is 0 Å². The number of carbonyl (C=O) groups excluding carboxylic acids is 1. The van der Waals surface area contributed by atoms with Gasteiger partial charge in [0.25, 0.3) is 0 Å². The van der Waals surface area contributed by atoms with Gasteiger partial charge in [-0.1, -0.05) is 37.6 Å². The van der Waals surface area contributed by atoms with E-state index in [0.29, 0.717) is 0 Å². The molecule has 2 N–H and O–H groups in total. The lowest BCUT2D eigenvalue weighted by atomic mass is 10.0. The number of hydrogen-bond acceptors (Lipinski definition) is 2. The highest BCUT2D eigenvalue weighted by Crippen LogP contribution is 2.08. The molecule has 4 heteroatoms. The first-order valence-electron chi connectivity index (χ1n) is 7.10. The number of carbonyl (C=O) groups is 2. The second kappa shape index (κ2) is 8.80. The Bertz CT molecular complexity index is 514. The normalized spacial score (nSPS) is 11.4. The van der Waals surface area contributed by atoms with E-state index in [1.54, 1.807) is 0 Å². The summed E-state index contributed by atoms with van der Waals surface area (Å²) in [6, 6.07) is 6.80. The maximum absolute atomic E-state index is 11.8. The highest BCUT2D eigenvalue weighted by molar-refractivity contribution is 5.85. The average Bonchev–Trinajstić information content (AvgIpc) is 2.46. The van der Waals surface area contributed by atoms with Gasteiger partial charge in [0.05, 0.1) is 6.42 Å². The van der Waals surface area contributed by atoms with Crippen LogP contribution >= 0.6 is 0 Å². The van der Waals surface area contributed by atoms with Gasteiger partial charge in [-0.2, -0.15) is 0 Å². The Balaban J connectivity index is 2.54. The molecule has 1 aromatic rings. The smallest absolute Gasteiger partial charge is 0.327 e. The Hall–Kier alpha value is -2.28. The van der Waals surface area contributed by atoms with Crippen molar-refractivity contribution >= 4 is 11.9 Å². The van der Waals surface area contributed by atoms with Gasteiger partial charge in [-0.25, -0.2) is 4.79 Å². The van der Waals surface area contributed by atoms with Crippen LogP contribution in [0.3, 0.4) is 0 Å². The molecule has 1 amide bonds. The third-order valence-electron chi connectivity index (χ3n) is 3.16. The number of aliphatic carboxylic acids is 1. The van der Waals surface area contributed by atoms with E-state index < -0.39 is 12.0 Å². The molecule has 0 aliphatic heterocycles. The molecule has 0 saturated carbocycles. The van der Waals surface area contributed by atoms with Crippen molar-refractivity contribution in [1.29, 1.82) is 0 Å². The molecule has 0 fully saturated rings. The highest BCUT2D eigenvalue weighted by atomic mass is 16.4. The molecule has 1 aromatic carbocycles. The number of unbranched alkanes of at least 4 members (excludes halogenated alkanes) is 1. The summed E-state index contributed by atoms with van der Waals surface area (Å²) in [5.41, 5.74) is 2.11. The minimum Gasteiger partial charge on any atom is -0.480 e. The summed E-state index contributed by atoms with van der Waals surface area (Å²) in [5.74, 6) is 0.801. The van der Waals surface area contributed by atoms with Crippen LogP contribution in [0.15, 0.2) is 24.3 Å². The molecule has 0 radical (unpaired) electrons. The van der Waals surface area contributed by atoms with E-state index in [9.17, 15) is 9.59 Å². The second-order valence-corrected chi connectivity index (χ2v) is 4.96. The van der Waals surface area contributed by atoms with Gasteiger partial charge < -0.3 is 10.4 Å². The maximum atomic E-state index is 11.8. The molecule has 112 valence electrons. The lowest BCUT2D eigenvalue weighted by molar-refractivity contribution is -0.141. The molecule has 0 aliphatic rings. The predicted molar refractivity (Wildman–Crippen MR) is 81.8 cm³/mol. The van der Waals surface area contributed by atoms with Gasteiger partial charge >= 0.3 is 5.97 Å². The van der Waals surface area contributed by atoms with E-state index >= 15 is 0 Å². The van der Waals surface area contributed by atoms with Gasteiger partial charge in [0, 0.05) is 6.42 Å². The van der Waals surface area contributed by atoms with Gasteiger partial charge in [0.2, 0.25) is 5.91 Å². The molecular formula is C17H21NO3. The Morgan fingerprint density at radius 2 is 1.90 bits per heavy atom. The van der Waals surface area contributed by atoms with E-state index in [1.807, 2.05) is 24.3 Å². The molecule has 0 bridgehead atoms. The predicted octanol–water partition coefficient (Wildman–Crippen LogP) is 2.16. The number of carboxylic acid groups (broad SMARTS) is 1. The molecule has 21 heavy (non-hydrogen) atoms. The fourth-order valence-corrected chi connectivity index (χ4v) is 1.95. The number of terminal acetylenes is 1. The first-order chi connectivity index (χ1) is 10.1. The highest BCUT2D eigenvalue weighted by Gasteiger charge is 2.18. The fourth-order valence-electron chi connectivity index (χ4n) is 1.95. The van der Waals surface area contributed by atoms with Crippen molar-refractivity contribution in [1.82, 2.24) is 5.32 Å². The Labute approximate surface area is 125 Å². The standard InChI is InChI=1S/C17H21NO3/c1-3-5-7-13-8-10-14(11-9-13)12-16(19)18-15(6-4-2)17(20)21/h2,8-11,15H,3,5-7,12H2,1H3,(H,18,19)(H,20,21). The molecule has 0 heterocycles. The van der Waals surface area contributed by atoms with Gasteiger partial charge in [-0.15, -0.1) is 12.3 Å². The Morgan fingerprint density at radius 1 is 1.29 bits per heavy atom. The van der Waals surface area contributed by atoms with Crippen LogP contribution in [0.4, 0.5) is 0 Å². The molecule has 1 rings (SSSR count). The van der Waals surface area contributed by atoms with Crippen LogP contribution in [0.2, 0.25) is 0 Å². The quantitative estimate of drug-likeness (QED) is 0.720. The summed E-state index contributed by atoms with van der Waals surface area (Å²) in [5, 5.41) is 11.4. The molecule has 1 atom stereocenters. The zero-order chi connectivity index (χ0) is 15.7. The van der Waals surface area contributed by atoms with Crippen LogP contribution in [0, 0.1) is 12.3 Å². The van der Waals surface area contributed by atoms with E-state index in [4.69, 9.17) is 11.5 Å². The lowest BCUT2D eigenvalue weighted by Crippen LogP contribution is -2.41. The molecule has 0 saturated heterocycles. The summed E-state index contributed by atoms with van der Waals surface area (Å²) in [6.07, 6.45) is 8.55. The molecule has 0 aliphatic carbocycles. The van der Waals surface area contributed by atoms with Crippen molar-refractivity contribution < 1.29 is 14.7 Å². The number of aryl methyl sites for hydroxylation is 1. The number of carboxylic acids is 1. The summed E-state index contributed by atoms with van der Waals surface area (Å²) in [6.45, 7) is 2.15. The number of amides is 1. The Kier molecular flexibility index (Phi) is 7.03. The number of hydrogen-bond donors (Lipinski definition) is 2. The summed E-state index contributed by atoms with van der Waals surface area (Å²) < 4.78 is 0.